The molecule has 0 saturated heterocycles. The van der Waals surface area contributed by atoms with Gasteiger partial charge in [-0.05, 0) is 36.4 Å². The molecule has 0 spiro atoms. The first-order chi connectivity index (χ1) is 19.3. The van der Waals surface area contributed by atoms with Crippen LogP contribution in [0.15, 0.2) is 109 Å². The summed E-state index contributed by atoms with van der Waals surface area (Å²) in [6.07, 6.45) is 0. The minimum Gasteiger partial charge on any atom is -0.245 e. The quantitative estimate of drug-likeness (QED) is 0.205. The van der Waals surface area contributed by atoms with Gasteiger partial charge in [-0.25, -0.2) is 9.97 Å². The molecular weight excluding hydrogens is 541 g/mol. The molecule has 7 aromatic rings. The van der Waals surface area contributed by atoms with Gasteiger partial charge >= 0.3 is 0 Å². The molecule has 7 rings (SSSR count). The first-order valence-electron chi connectivity index (χ1n) is 12.1. The van der Waals surface area contributed by atoms with E-state index in [1.54, 1.807) is 11.3 Å². The fraction of sp³-hybridized carbons (Fsp3) is 0. The minimum absolute atomic E-state index is 0.792. The molecule has 9 heteroatoms. The molecule has 0 atom stereocenters. The lowest BCUT2D eigenvalue weighted by Gasteiger charge is -2.02. The first-order valence-corrected chi connectivity index (χ1v) is 14.6. The standard InChI is InChI=1S/C30H18N6S3/c1-3-9-19(10-4-1)21-13-7-15-23(31-21)27-33-35-29(38-27)25-17-18-26(37-25)30-36-34-28(39-30)24-16-8-14-22(32-24)20-11-5-2-6-12-20/h1-18H. The normalized spacial score (nSPS) is 11.1. The number of benzene rings is 2. The summed E-state index contributed by atoms with van der Waals surface area (Å²) >= 11 is 4.70. The van der Waals surface area contributed by atoms with E-state index in [0.717, 1.165) is 63.7 Å². The molecule has 0 amide bonds. The summed E-state index contributed by atoms with van der Waals surface area (Å²) < 4.78 is 0. The second kappa shape index (κ2) is 10.4. The van der Waals surface area contributed by atoms with E-state index in [1.807, 2.05) is 72.8 Å². The van der Waals surface area contributed by atoms with Gasteiger partial charge in [0.15, 0.2) is 20.0 Å². The van der Waals surface area contributed by atoms with E-state index in [-0.39, 0.29) is 0 Å². The lowest BCUT2D eigenvalue weighted by molar-refractivity contribution is 1.09. The highest BCUT2D eigenvalue weighted by molar-refractivity contribution is 7.27. The number of thiophene rings is 1. The average molecular weight is 559 g/mol. The fourth-order valence-corrected chi connectivity index (χ4v) is 6.80. The van der Waals surface area contributed by atoms with E-state index in [0.29, 0.717) is 0 Å². The number of pyridine rings is 2. The minimum atomic E-state index is 0.792. The van der Waals surface area contributed by atoms with Crippen LogP contribution in [-0.4, -0.2) is 30.4 Å². The number of nitrogens with zero attached hydrogens (tertiary/aromatic N) is 6. The summed E-state index contributed by atoms with van der Waals surface area (Å²) in [5.41, 5.74) is 5.61. The summed E-state index contributed by atoms with van der Waals surface area (Å²) in [6, 6.07) is 36.4. The highest BCUT2D eigenvalue weighted by Gasteiger charge is 2.16. The van der Waals surface area contributed by atoms with Crippen molar-refractivity contribution in [3.63, 3.8) is 0 Å². The largest absolute Gasteiger partial charge is 0.245 e. The second-order valence-corrected chi connectivity index (χ2v) is 11.6. The summed E-state index contributed by atoms with van der Waals surface area (Å²) in [6.45, 7) is 0. The molecule has 6 nitrogen and oxygen atoms in total. The number of rotatable bonds is 6. The zero-order valence-electron chi connectivity index (χ0n) is 20.3. The van der Waals surface area contributed by atoms with E-state index in [4.69, 9.17) is 9.97 Å². The molecule has 0 saturated carbocycles. The molecule has 0 N–H and O–H groups in total. The van der Waals surface area contributed by atoms with Crippen molar-refractivity contribution in [1.82, 2.24) is 30.4 Å². The first kappa shape index (κ1) is 23.7. The highest BCUT2D eigenvalue weighted by Crippen LogP contribution is 2.39. The molecule has 39 heavy (non-hydrogen) atoms. The van der Waals surface area contributed by atoms with Crippen LogP contribution in [0.1, 0.15) is 0 Å². The average Bonchev–Trinajstić information content (AvgIpc) is 3.79. The molecule has 0 radical (unpaired) electrons. The predicted molar refractivity (Wildman–Crippen MR) is 159 cm³/mol. The molecule has 5 aromatic heterocycles. The van der Waals surface area contributed by atoms with Gasteiger partial charge in [-0.15, -0.1) is 31.7 Å². The van der Waals surface area contributed by atoms with Gasteiger partial charge in [0, 0.05) is 11.1 Å². The summed E-state index contributed by atoms with van der Waals surface area (Å²) in [5, 5.41) is 21.1. The molecule has 186 valence electrons. The van der Waals surface area contributed by atoms with Crippen LogP contribution in [0, 0.1) is 0 Å². The van der Waals surface area contributed by atoms with Crippen LogP contribution in [0.25, 0.3) is 63.7 Å². The van der Waals surface area contributed by atoms with E-state index in [1.165, 1.54) is 22.7 Å². The molecule has 0 aliphatic heterocycles. The maximum Gasteiger partial charge on any atom is 0.166 e. The predicted octanol–water partition coefficient (Wildman–Crippen LogP) is 8.24. The molecular formula is C30H18N6S3. The van der Waals surface area contributed by atoms with Crippen LogP contribution in [-0.2, 0) is 0 Å². The van der Waals surface area contributed by atoms with Gasteiger partial charge < -0.3 is 0 Å². The Morgan fingerprint density at radius 2 is 0.744 bits per heavy atom. The molecule has 0 aliphatic rings. The van der Waals surface area contributed by atoms with Gasteiger partial charge in [-0.1, -0.05) is 95.5 Å². The maximum atomic E-state index is 4.82. The summed E-state index contributed by atoms with van der Waals surface area (Å²) in [5.74, 6) is 0. The topological polar surface area (TPSA) is 77.3 Å². The Kier molecular flexibility index (Phi) is 6.29. The zero-order chi connectivity index (χ0) is 26.0. The van der Waals surface area contributed by atoms with Gasteiger partial charge in [-0.3, -0.25) is 0 Å². The zero-order valence-corrected chi connectivity index (χ0v) is 22.7. The van der Waals surface area contributed by atoms with Gasteiger partial charge in [-0.2, -0.15) is 0 Å². The van der Waals surface area contributed by atoms with Crippen molar-refractivity contribution in [2.45, 2.75) is 0 Å². The van der Waals surface area contributed by atoms with Crippen LogP contribution < -0.4 is 0 Å². The van der Waals surface area contributed by atoms with E-state index in [9.17, 15) is 0 Å². The Labute approximate surface area is 236 Å². The van der Waals surface area contributed by atoms with Crippen molar-refractivity contribution in [2.75, 3.05) is 0 Å². The molecule has 0 unspecified atom stereocenters. The Morgan fingerprint density at radius 1 is 0.333 bits per heavy atom. The van der Waals surface area contributed by atoms with E-state index < -0.39 is 0 Å². The Hall–Kier alpha value is -4.44. The van der Waals surface area contributed by atoms with Crippen molar-refractivity contribution in [3.05, 3.63) is 109 Å². The van der Waals surface area contributed by atoms with Crippen molar-refractivity contribution in [2.24, 2.45) is 0 Å². The smallest absolute Gasteiger partial charge is 0.166 e. The molecule has 0 bridgehead atoms. The van der Waals surface area contributed by atoms with Crippen LogP contribution in [0.2, 0.25) is 0 Å². The lowest BCUT2D eigenvalue weighted by Crippen LogP contribution is -1.87. The number of hydrogen-bond donors (Lipinski definition) is 0. The SMILES string of the molecule is c1ccc(-c2cccc(-c3nnc(-c4ccc(-c5nnc(-c6cccc(-c7ccccc7)n6)s5)s4)s3)n2)cc1. The van der Waals surface area contributed by atoms with Gasteiger partial charge in [0.2, 0.25) is 0 Å². The number of hydrogen-bond acceptors (Lipinski definition) is 9. The molecule has 0 fully saturated rings. The third-order valence-electron chi connectivity index (χ3n) is 5.95. The van der Waals surface area contributed by atoms with Gasteiger partial charge in [0.1, 0.15) is 11.4 Å². The molecule has 2 aromatic carbocycles. The summed E-state index contributed by atoms with van der Waals surface area (Å²) in [4.78, 5) is 11.7. The van der Waals surface area contributed by atoms with Crippen LogP contribution >= 0.6 is 34.0 Å². The van der Waals surface area contributed by atoms with Crippen molar-refractivity contribution in [1.29, 1.82) is 0 Å². The number of aromatic nitrogens is 6. The van der Waals surface area contributed by atoms with Crippen LogP contribution in [0.5, 0.6) is 0 Å². The van der Waals surface area contributed by atoms with Gasteiger partial charge in [0.25, 0.3) is 0 Å². The highest BCUT2D eigenvalue weighted by atomic mass is 32.1. The second-order valence-electron chi connectivity index (χ2n) is 8.54. The molecule has 0 aliphatic carbocycles. The molecule has 5 heterocycles. The Bertz CT molecular complexity index is 1740. The Balaban J connectivity index is 1.13. The monoisotopic (exact) mass is 558 g/mol. The van der Waals surface area contributed by atoms with E-state index in [2.05, 4.69) is 56.8 Å². The van der Waals surface area contributed by atoms with E-state index >= 15 is 0 Å². The maximum absolute atomic E-state index is 4.82. The third-order valence-corrected chi connectivity index (χ3v) is 9.27. The fourth-order valence-electron chi connectivity index (χ4n) is 4.07. The van der Waals surface area contributed by atoms with Crippen LogP contribution in [0.3, 0.4) is 0 Å². The Morgan fingerprint density at radius 3 is 1.21 bits per heavy atom. The lowest BCUT2D eigenvalue weighted by atomic mass is 10.1. The summed E-state index contributed by atoms with van der Waals surface area (Å²) in [7, 11) is 0. The van der Waals surface area contributed by atoms with Crippen molar-refractivity contribution < 1.29 is 0 Å². The third kappa shape index (κ3) is 4.90. The van der Waals surface area contributed by atoms with Crippen molar-refractivity contribution >= 4 is 34.0 Å². The van der Waals surface area contributed by atoms with Crippen LogP contribution in [0.4, 0.5) is 0 Å². The van der Waals surface area contributed by atoms with Gasteiger partial charge in [0.05, 0.1) is 21.1 Å². The van der Waals surface area contributed by atoms with Crippen molar-refractivity contribution in [3.8, 4) is 63.7 Å².